The predicted octanol–water partition coefficient (Wildman–Crippen LogP) is 4.65. The second kappa shape index (κ2) is 10.1. The summed E-state index contributed by atoms with van der Waals surface area (Å²) in [7, 11) is 0. The van der Waals surface area contributed by atoms with Crippen LogP contribution in [0.15, 0.2) is 48.5 Å². The molecule has 4 rings (SSSR count). The maximum atomic E-state index is 12.5. The fourth-order valence-corrected chi connectivity index (χ4v) is 5.17. The molecule has 1 fully saturated rings. The summed E-state index contributed by atoms with van der Waals surface area (Å²) in [5, 5.41) is 12.1. The van der Waals surface area contributed by atoms with Crippen molar-refractivity contribution in [3.05, 3.63) is 59.7 Å². The number of rotatable bonds is 9. The second-order valence-corrected chi connectivity index (χ2v) is 10.3. The molecule has 1 aliphatic carbocycles. The van der Waals surface area contributed by atoms with Gasteiger partial charge in [-0.2, -0.15) is 0 Å². The standard InChI is InChI=1S/C28H34N2O5/c1-18(25(31)30-16-28(3,17-30)26(32)33)9-8-10-19(2)29-27(34)35-15-24-22-13-6-4-11-20(22)21-12-5-7-14-23(21)24/h4-7,11-14,18-19,24H,8-10,15-17H2,1-3H3,(H,29,34)(H,32,33). The first kappa shape index (κ1) is 24.8. The lowest BCUT2D eigenvalue weighted by Crippen LogP contribution is -2.61. The summed E-state index contributed by atoms with van der Waals surface area (Å²) in [6.45, 7) is 6.30. The monoisotopic (exact) mass is 478 g/mol. The third-order valence-electron chi connectivity index (χ3n) is 7.31. The largest absolute Gasteiger partial charge is 0.481 e. The van der Waals surface area contributed by atoms with Crippen LogP contribution in [0.4, 0.5) is 4.79 Å². The van der Waals surface area contributed by atoms with Gasteiger partial charge >= 0.3 is 12.1 Å². The van der Waals surface area contributed by atoms with Gasteiger partial charge in [-0.3, -0.25) is 9.59 Å². The number of ether oxygens (including phenoxy) is 1. The number of nitrogens with one attached hydrogen (secondary N) is 1. The van der Waals surface area contributed by atoms with Crippen LogP contribution in [0.5, 0.6) is 0 Å². The van der Waals surface area contributed by atoms with Gasteiger partial charge in [0.05, 0.1) is 5.41 Å². The maximum absolute atomic E-state index is 12.5. The van der Waals surface area contributed by atoms with E-state index in [0.717, 1.165) is 12.8 Å². The highest BCUT2D eigenvalue weighted by atomic mass is 16.5. The van der Waals surface area contributed by atoms with Crippen LogP contribution < -0.4 is 5.32 Å². The Morgan fingerprint density at radius 2 is 1.60 bits per heavy atom. The molecular weight excluding hydrogens is 444 g/mol. The molecule has 35 heavy (non-hydrogen) atoms. The van der Waals surface area contributed by atoms with Gasteiger partial charge in [-0.1, -0.05) is 61.9 Å². The number of aliphatic carboxylic acids is 1. The van der Waals surface area contributed by atoms with Gasteiger partial charge in [-0.05, 0) is 48.9 Å². The zero-order valence-electron chi connectivity index (χ0n) is 20.6. The molecule has 2 unspecified atom stereocenters. The number of benzene rings is 2. The van der Waals surface area contributed by atoms with Crippen molar-refractivity contribution in [1.82, 2.24) is 10.2 Å². The van der Waals surface area contributed by atoms with Crippen LogP contribution in [0.2, 0.25) is 0 Å². The number of nitrogens with zero attached hydrogens (tertiary/aromatic N) is 1. The molecule has 0 radical (unpaired) electrons. The fourth-order valence-electron chi connectivity index (χ4n) is 5.17. The quantitative estimate of drug-likeness (QED) is 0.547. The van der Waals surface area contributed by atoms with Crippen molar-refractivity contribution in [3.63, 3.8) is 0 Å². The number of carboxylic acid groups (broad SMARTS) is 1. The third kappa shape index (κ3) is 5.19. The smallest absolute Gasteiger partial charge is 0.407 e. The summed E-state index contributed by atoms with van der Waals surface area (Å²) in [6, 6.07) is 16.4. The van der Waals surface area contributed by atoms with Gasteiger partial charge < -0.3 is 20.1 Å². The Labute approximate surface area is 206 Å². The number of hydrogen-bond donors (Lipinski definition) is 2. The minimum absolute atomic E-state index is 0.000808. The molecule has 0 saturated carbocycles. The number of hydrogen-bond acceptors (Lipinski definition) is 4. The van der Waals surface area contributed by atoms with Gasteiger partial charge in [-0.25, -0.2) is 4.79 Å². The summed E-state index contributed by atoms with van der Waals surface area (Å²) >= 11 is 0. The molecule has 0 spiro atoms. The van der Waals surface area contributed by atoms with Crippen molar-refractivity contribution in [2.75, 3.05) is 19.7 Å². The van der Waals surface area contributed by atoms with Crippen molar-refractivity contribution >= 4 is 18.0 Å². The van der Waals surface area contributed by atoms with E-state index in [1.165, 1.54) is 22.3 Å². The lowest BCUT2D eigenvalue weighted by Gasteiger charge is -2.45. The first-order valence-corrected chi connectivity index (χ1v) is 12.3. The summed E-state index contributed by atoms with van der Waals surface area (Å²) in [6.07, 6.45) is 1.77. The Kier molecular flexibility index (Phi) is 7.15. The highest BCUT2D eigenvalue weighted by molar-refractivity contribution is 5.84. The Morgan fingerprint density at radius 1 is 1.03 bits per heavy atom. The van der Waals surface area contributed by atoms with Crippen LogP contribution in [0.1, 0.15) is 57.1 Å². The molecular formula is C28H34N2O5. The van der Waals surface area contributed by atoms with E-state index in [0.29, 0.717) is 6.42 Å². The van der Waals surface area contributed by atoms with E-state index in [2.05, 4.69) is 29.6 Å². The number of likely N-dealkylation sites (tertiary alicyclic amines) is 1. The Balaban J connectivity index is 1.19. The van der Waals surface area contributed by atoms with Crippen LogP contribution in [0, 0.1) is 11.3 Å². The van der Waals surface area contributed by atoms with Crippen LogP contribution in [-0.4, -0.2) is 53.7 Å². The Hall–Kier alpha value is -3.35. The van der Waals surface area contributed by atoms with Crippen molar-refractivity contribution in [3.8, 4) is 11.1 Å². The summed E-state index contributed by atoms with van der Waals surface area (Å²) < 4.78 is 5.61. The van der Waals surface area contributed by atoms with Gasteiger partial charge in [0.2, 0.25) is 5.91 Å². The van der Waals surface area contributed by atoms with Crippen LogP contribution in [0.25, 0.3) is 11.1 Å². The SMILES string of the molecule is CC(CCCC(C)C(=O)N1CC(C)(C(=O)O)C1)NC(=O)OCC1c2ccccc2-c2ccccc21. The lowest BCUT2D eigenvalue weighted by atomic mass is 9.81. The van der Waals surface area contributed by atoms with E-state index in [9.17, 15) is 19.5 Å². The zero-order chi connectivity index (χ0) is 25.2. The van der Waals surface area contributed by atoms with Gasteiger partial charge in [0, 0.05) is 31.0 Å². The van der Waals surface area contributed by atoms with Crippen LogP contribution in [-0.2, 0) is 14.3 Å². The fraction of sp³-hybridized carbons (Fsp3) is 0.464. The van der Waals surface area contributed by atoms with Gasteiger partial charge in [-0.15, -0.1) is 0 Å². The first-order chi connectivity index (χ1) is 16.7. The second-order valence-electron chi connectivity index (χ2n) is 10.3. The Morgan fingerprint density at radius 3 is 2.17 bits per heavy atom. The molecule has 186 valence electrons. The number of fused-ring (bicyclic) bond motifs is 3. The van der Waals surface area contributed by atoms with Crippen molar-refractivity contribution in [2.45, 2.75) is 52.0 Å². The van der Waals surface area contributed by atoms with Crippen molar-refractivity contribution < 1.29 is 24.2 Å². The minimum Gasteiger partial charge on any atom is -0.481 e. The minimum atomic E-state index is -0.859. The summed E-state index contributed by atoms with van der Waals surface area (Å²) in [5.41, 5.74) is 3.93. The van der Waals surface area contributed by atoms with Gasteiger partial charge in [0.15, 0.2) is 0 Å². The normalized spacial score (nSPS) is 17.5. The number of amides is 2. The molecule has 1 aliphatic heterocycles. The molecule has 1 saturated heterocycles. The predicted molar refractivity (Wildman–Crippen MR) is 133 cm³/mol. The average Bonchev–Trinajstić information content (AvgIpc) is 3.13. The van der Waals surface area contributed by atoms with Crippen molar-refractivity contribution in [2.24, 2.45) is 11.3 Å². The summed E-state index contributed by atoms with van der Waals surface area (Å²) in [4.78, 5) is 37.8. The number of carboxylic acids is 1. The molecule has 0 aromatic heterocycles. The van der Waals surface area contributed by atoms with E-state index in [-0.39, 0.29) is 43.5 Å². The van der Waals surface area contributed by atoms with E-state index in [4.69, 9.17) is 4.74 Å². The first-order valence-electron chi connectivity index (χ1n) is 12.3. The number of alkyl carbamates (subject to hydrolysis) is 1. The molecule has 7 heteroatoms. The molecule has 0 bridgehead atoms. The number of carbonyl (C=O) groups is 3. The average molecular weight is 479 g/mol. The van der Waals surface area contributed by atoms with E-state index < -0.39 is 17.5 Å². The number of carbonyl (C=O) groups excluding carboxylic acids is 2. The van der Waals surface area contributed by atoms with E-state index in [1.807, 2.05) is 38.1 Å². The third-order valence-corrected chi connectivity index (χ3v) is 7.31. The van der Waals surface area contributed by atoms with Crippen LogP contribution in [0.3, 0.4) is 0 Å². The van der Waals surface area contributed by atoms with Gasteiger partial charge in [0.25, 0.3) is 0 Å². The molecule has 2 aromatic carbocycles. The highest BCUT2D eigenvalue weighted by Crippen LogP contribution is 2.44. The molecule has 7 nitrogen and oxygen atoms in total. The topological polar surface area (TPSA) is 95.9 Å². The zero-order valence-corrected chi connectivity index (χ0v) is 20.6. The Bertz CT molecular complexity index is 1060. The molecule has 2 aliphatic rings. The molecule has 2 N–H and O–H groups in total. The maximum Gasteiger partial charge on any atom is 0.407 e. The molecule has 2 aromatic rings. The lowest BCUT2D eigenvalue weighted by molar-refractivity contribution is -0.165. The molecule has 2 atom stereocenters. The summed E-state index contributed by atoms with van der Waals surface area (Å²) in [5.74, 6) is -1.00. The van der Waals surface area contributed by atoms with E-state index in [1.54, 1.807) is 11.8 Å². The highest BCUT2D eigenvalue weighted by Gasteiger charge is 2.47. The van der Waals surface area contributed by atoms with Crippen molar-refractivity contribution in [1.29, 1.82) is 0 Å². The molecule has 1 heterocycles. The molecule has 2 amide bonds. The van der Waals surface area contributed by atoms with Crippen LogP contribution >= 0.6 is 0 Å². The van der Waals surface area contributed by atoms with Gasteiger partial charge in [0.1, 0.15) is 6.61 Å². The van der Waals surface area contributed by atoms with E-state index >= 15 is 0 Å².